The molecular formula is C25H25BF4N5O3S. The average molecular weight is 562 g/mol. The summed E-state index contributed by atoms with van der Waals surface area (Å²) in [5.41, 5.74) is 0.885. The number of halogens is 4. The summed E-state index contributed by atoms with van der Waals surface area (Å²) < 4.78 is 90.1. The maximum atomic E-state index is 15.6. The third-order valence-corrected chi connectivity index (χ3v) is 8.96. The summed E-state index contributed by atoms with van der Waals surface area (Å²) in [5.74, 6) is -2.27. The van der Waals surface area contributed by atoms with Gasteiger partial charge in [0.15, 0.2) is 0 Å². The number of aromatic nitrogens is 3. The summed E-state index contributed by atoms with van der Waals surface area (Å²) >= 11 is 0. The molecule has 3 aromatic rings. The van der Waals surface area contributed by atoms with Gasteiger partial charge >= 0.3 is 6.18 Å². The number of rotatable bonds is 6. The molecule has 14 heteroatoms. The zero-order valence-corrected chi connectivity index (χ0v) is 21.7. The van der Waals surface area contributed by atoms with Gasteiger partial charge in [0.25, 0.3) is 17.4 Å². The van der Waals surface area contributed by atoms with Crippen molar-refractivity contribution in [3.8, 4) is 5.75 Å². The molecule has 39 heavy (non-hydrogen) atoms. The van der Waals surface area contributed by atoms with Crippen LogP contribution in [0.5, 0.6) is 5.75 Å². The first kappa shape index (κ1) is 27.3. The Balaban J connectivity index is 1.52. The van der Waals surface area contributed by atoms with Crippen LogP contribution in [0.25, 0.3) is 0 Å². The van der Waals surface area contributed by atoms with Gasteiger partial charge in [0.1, 0.15) is 28.6 Å². The fraction of sp³-hybridized carbons (Fsp3) is 0.400. The first-order valence-corrected chi connectivity index (χ1v) is 13.8. The van der Waals surface area contributed by atoms with Crippen LogP contribution in [0.1, 0.15) is 42.6 Å². The minimum Gasteiger partial charge on any atom is -0.493 e. The molecule has 2 aliphatic rings. The van der Waals surface area contributed by atoms with Gasteiger partial charge in [-0.2, -0.15) is 13.2 Å². The van der Waals surface area contributed by atoms with Crippen LogP contribution in [0.3, 0.4) is 0 Å². The molecule has 1 unspecified atom stereocenters. The number of piperidine rings is 1. The van der Waals surface area contributed by atoms with Crippen molar-refractivity contribution in [3.63, 3.8) is 0 Å². The first-order valence-electron chi connectivity index (χ1n) is 12.4. The molecule has 3 atom stereocenters. The van der Waals surface area contributed by atoms with Crippen LogP contribution in [-0.4, -0.2) is 55.0 Å². The van der Waals surface area contributed by atoms with Gasteiger partial charge in [-0.1, -0.05) is 12.9 Å². The Bertz CT molecular complexity index is 1420. The highest BCUT2D eigenvalue weighted by Gasteiger charge is 2.47. The zero-order chi connectivity index (χ0) is 27.8. The average Bonchev–Trinajstić information content (AvgIpc) is 2.93. The number of pyridine rings is 1. The molecule has 1 saturated heterocycles. The van der Waals surface area contributed by atoms with Gasteiger partial charge < -0.3 is 8.95 Å². The Morgan fingerprint density at radius 1 is 1.10 bits per heavy atom. The lowest BCUT2D eigenvalue weighted by atomic mass is 9.85. The van der Waals surface area contributed by atoms with E-state index in [-0.39, 0.29) is 37.6 Å². The summed E-state index contributed by atoms with van der Waals surface area (Å²) in [7, 11) is -3.15. The summed E-state index contributed by atoms with van der Waals surface area (Å²) in [5, 5.41) is 0. The van der Waals surface area contributed by atoms with Crippen molar-refractivity contribution in [1.29, 1.82) is 0 Å². The van der Waals surface area contributed by atoms with E-state index in [2.05, 4.69) is 15.0 Å². The molecule has 2 aromatic heterocycles. The molecular weight excluding hydrogens is 537 g/mol. The van der Waals surface area contributed by atoms with Crippen LogP contribution in [0.4, 0.5) is 23.4 Å². The number of sulfonamides is 1. The van der Waals surface area contributed by atoms with Crippen molar-refractivity contribution < 1.29 is 30.7 Å². The first-order chi connectivity index (χ1) is 18.6. The van der Waals surface area contributed by atoms with Gasteiger partial charge in [-0.3, -0.25) is 9.88 Å². The Hall–Kier alpha value is -3.26. The number of hydrogen-bond acceptors (Lipinski definition) is 7. The van der Waals surface area contributed by atoms with Gasteiger partial charge in [0, 0.05) is 43.0 Å². The SMILES string of the molecule is C[B]N(c1ccncn1)S(=O)(=O)c1cc2c(cc1F)[C@@H](N1CCC(C(F)(F)F)C[C@H]1c1ccccn1)CCO2. The van der Waals surface area contributed by atoms with Gasteiger partial charge in [-0.15, -0.1) is 0 Å². The highest BCUT2D eigenvalue weighted by molar-refractivity contribution is 7.94. The Morgan fingerprint density at radius 3 is 2.59 bits per heavy atom. The number of alkyl halides is 3. The summed E-state index contributed by atoms with van der Waals surface area (Å²) in [4.78, 5) is 13.4. The van der Waals surface area contributed by atoms with E-state index in [0.29, 0.717) is 17.7 Å². The molecule has 0 amide bonds. The van der Waals surface area contributed by atoms with Crippen molar-refractivity contribution in [2.45, 2.75) is 49.2 Å². The molecule has 1 radical (unpaired) electrons. The van der Waals surface area contributed by atoms with E-state index >= 15 is 4.39 Å². The quantitative estimate of drug-likeness (QED) is 0.318. The molecule has 0 bridgehead atoms. The summed E-state index contributed by atoms with van der Waals surface area (Å²) in [6.45, 7) is 1.78. The lowest BCUT2D eigenvalue weighted by Crippen LogP contribution is -2.44. The van der Waals surface area contributed by atoms with Gasteiger partial charge in [-0.25, -0.2) is 22.8 Å². The lowest BCUT2D eigenvalue weighted by molar-refractivity contribution is -0.192. The van der Waals surface area contributed by atoms with E-state index in [0.717, 1.165) is 16.3 Å². The molecule has 0 N–H and O–H groups in total. The fourth-order valence-corrected chi connectivity index (χ4v) is 6.75. The third kappa shape index (κ3) is 5.31. The molecule has 0 saturated carbocycles. The molecule has 205 valence electrons. The topological polar surface area (TPSA) is 88.5 Å². The Morgan fingerprint density at radius 2 is 1.92 bits per heavy atom. The van der Waals surface area contributed by atoms with Crippen LogP contribution in [-0.2, 0) is 10.0 Å². The van der Waals surface area contributed by atoms with Crippen LogP contribution < -0.4 is 8.95 Å². The van der Waals surface area contributed by atoms with E-state index in [1.165, 1.54) is 39.0 Å². The van der Waals surface area contributed by atoms with Gasteiger partial charge in [0.05, 0.1) is 24.3 Å². The molecule has 0 spiro atoms. The Kier molecular flexibility index (Phi) is 7.51. The van der Waals surface area contributed by atoms with Crippen molar-refractivity contribution in [1.82, 2.24) is 19.9 Å². The second-order valence-electron chi connectivity index (χ2n) is 9.37. The van der Waals surface area contributed by atoms with Gasteiger partial charge in [-0.05, 0) is 37.1 Å². The number of hydrogen-bond donors (Lipinski definition) is 0. The van der Waals surface area contributed by atoms with E-state index in [4.69, 9.17) is 4.74 Å². The van der Waals surface area contributed by atoms with Crippen LogP contribution >= 0.6 is 0 Å². The van der Waals surface area contributed by atoms with Crippen LogP contribution in [0.2, 0.25) is 6.82 Å². The second-order valence-corrected chi connectivity index (χ2v) is 11.2. The van der Waals surface area contributed by atoms with E-state index in [9.17, 15) is 21.6 Å². The minimum absolute atomic E-state index is 0.0363. The normalized spacial score (nSPS) is 22.0. The summed E-state index contributed by atoms with van der Waals surface area (Å²) in [6.07, 6.45) is -0.142. The van der Waals surface area contributed by atoms with Gasteiger partial charge in [0.2, 0.25) is 0 Å². The number of ether oxygens (including phenoxy) is 1. The second kappa shape index (κ2) is 10.7. The van der Waals surface area contributed by atoms with E-state index in [1.807, 2.05) is 4.90 Å². The van der Waals surface area contributed by atoms with Crippen molar-refractivity contribution in [3.05, 3.63) is 72.2 Å². The van der Waals surface area contributed by atoms with Crippen molar-refractivity contribution in [2.24, 2.45) is 5.92 Å². The molecule has 1 fully saturated rings. The molecule has 0 aliphatic carbocycles. The molecule has 2 aliphatic heterocycles. The largest absolute Gasteiger partial charge is 0.493 e. The zero-order valence-electron chi connectivity index (χ0n) is 20.9. The smallest absolute Gasteiger partial charge is 0.391 e. The standard InChI is InChI=1S/C25H25BF4N5O3S/c1-26-35(24-5-9-31-15-33-24)39(36,37)23-14-22-17(13-18(23)27)20(7-11-38-22)34-10-6-16(25(28,29)30)12-21(34)19-4-2-3-8-32-19/h2-5,8-9,13-16,20-21H,6-7,10-12H2,1H3/t16?,20-,21-/m0/s1. The van der Waals surface area contributed by atoms with Crippen LogP contribution in [0.15, 0.2) is 60.0 Å². The summed E-state index contributed by atoms with van der Waals surface area (Å²) in [6, 6.07) is 7.60. The van der Waals surface area contributed by atoms with E-state index < -0.39 is 44.9 Å². The van der Waals surface area contributed by atoms with Crippen molar-refractivity contribution in [2.75, 3.05) is 17.4 Å². The highest BCUT2D eigenvalue weighted by atomic mass is 32.2. The molecule has 4 heterocycles. The van der Waals surface area contributed by atoms with Crippen LogP contribution in [0, 0.1) is 11.7 Å². The molecule has 8 nitrogen and oxygen atoms in total. The third-order valence-electron chi connectivity index (χ3n) is 7.17. The number of likely N-dealkylation sites (tertiary alicyclic amines) is 1. The Labute approximate surface area is 224 Å². The minimum atomic E-state index is -4.40. The van der Waals surface area contributed by atoms with Crippen molar-refractivity contribution >= 4 is 23.3 Å². The molecule has 5 rings (SSSR count). The molecule has 1 aromatic carbocycles. The monoisotopic (exact) mass is 562 g/mol. The number of anilines is 1. The predicted molar refractivity (Wildman–Crippen MR) is 135 cm³/mol. The van der Waals surface area contributed by atoms with E-state index in [1.54, 1.807) is 18.2 Å². The maximum absolute atomic E-state index is 15.6. The number of benzene rings is 1. The maximum Gasteiger partial charge on any atom is 0.391 e. The number of nitrogens with zero attached hydrogens (tertiary/aromatic N) is 5. The predicted octanol–water partition coefficient (Wildman–Crippen LogP) is 4.71. The number of fused-ring (bicyclic) bond motifs is 1. The fourth-order valence-electron chi connectivity index (χ4n) is 5.35. The highest BCUT2D eigenvalue weighted by Crippen LogP contribution is 2.48. The lowest BCUT2D eigenvalue weighted by Gasteiger charge is -2.45.